The number of carbonyl (C=O) groups excluding carboxylic acids is 2. The van der Waals surface area contributed by atoms with Crippen LogP contribution < -0.4 is 15.0 Å². The standard InChI is InChI=1S/C27H29N3O3/c1-21(27(32)30-18-16-29(17-19-30)23-12-6-3-7-13-23)33-25-15-9-8-14-24(25)26(31)28-20-22-10-4-2-5-11-22/h2-15,21H,16-20H2,1H3,(H,28,31)/t21-/m1/s1. The van der Waals surface area contributed by atoms with E-state index in [1.54, 1.807) is 31.2 Å². The van der Waals surface area contributed by atoms with E-state index in [4.69, 9.17) is 4.74 Å². The number of ether oxygens (including phenoxy) is 1. The highest BCUT2D eigenvalue weighted by molar-refractivity contribution is 5.97. The molecule has 3 aromatic rings. The van der Waals surface area contributed by atoms with Crippen LogP contribution in [0, 0.1) is 0 Å². The van der Waals surface area contributed by atoms with Crippen LogP contribution in [0.25, 0.3) is 0 Å². The van der Waals surface area contributed by atoms with Gasteiger partial charge in [-0.15, -0.1) is 0 Å². The van der Waals surface area contributed by atoms with Gasteiger partial charge < -0.3 is 19.9 Å². The quantitative estimate of drug-likeness (QED) is 0.605. The topological polar surface area (TPSA) is 61.9 Å². The van der Waals surface area contributed by atoms with Crippen LogP contribution in [0.5, 0.6) is 5.75 Å². The van der Waals surface area contributed by atoms with Crippen LogP contribution in [0.4, 0.5) is 5.69 Å². The molecule has 1 saturated heterocycles. The molecule has 1 atom stereocenters. The molecule has 0 spiro atoms. The molecule has 0 radical (unpaired) electrons. The molecule has 6 heteroatoms. The maximum absolute atomic E-state index is 13.0. The fourth-order valence-corrected chi connectivity index (χ4v) is 3.95. The fraction of sp³-hybridized carbons (Fsp3) is 0.259. The van der Waals surface area contributed by atoms with E-state index in [0.29, 0.717) is 30.9 Å². The number of rotatable bonds is 7. The molecular formula is C27H29N3O3. The van der Waals surface area contributed by atoms with Gasteiger partial charge >= 0.3 is 0 Å². The van der Waals surface area contributed by atoms with Gasteiger partial charge in [0.2, 0.25) is 0 Å². The largest absolute Gasteiger partial charge is 0.480 e. The van der Waals surface area contributed by atoms with Crippen molar-refractivity contribution >= 4 is 17.5 Å². The maximum Gasteiger partial charge on any atom is 0.263 e. The second-order valence-corrected chi connectivity index (χ2v) is 8.07. The molecule has 4 rings (SSSR count). The Morgan fingerprint density at radius 2 is 1.45 bits per heavy atom. The Kier molecular flexibility index (Phi) is 7.25. The van der Waals surface area contributed by atoms with Gasteiger partial charge in [-0.05, 0) is 36.8 Å². The van der Waals surface area contributed by atoms with Crippen molar-refractivity contribution in [2.75, 3.05) is 31.1 Å². The summed E-state index contributed by atoms with van der Waals surface area (Å²) in [5.74, 6) is 0.111. The van der Waals surface area contributed by atoms with Crippen LogP contribution in [0.2, 0.25) is 0 Å². The third-order valence-corrected chi connectivity index (χ3v) is 5.79. The van der Waals surface area contributed by atoms with E-state index in [1.165, 1.54) is 5.69 Å². The fourth-order valence-electron chi connectivity index (χ4n) is 3.95. The monoisotopic (exact) mass is 443 g/mol. The van der Waals surface area contributed by atoms with Crippen molar-refractivity contribution in [3.63, 3.8) is 0 Å². The summed E-state index contributed by atoms with van der Waals surface area (Å²) in [6.07, 6.45) is -0.684. The average Bonchev–Trinajstić information content (AvgIpc) is 2.88. The van der Waals surface area contributed by atoms with Crippen LogP contribution in [0.1, 0.15) is 22.8 Å². The smallest absolute Gasteiger partial charge is 0.263 e. The second-order valence-electron chi connectivity index (χ2n) is 8.07. The summed E-state index contributed by atoms with van der Waals surface area (Å²) in [6.45, 7) is 5.00. The van der Waals surface area contributed by atoms with Crippen LogP contribution >= 0.6 is 0 Å². The Hall–Kier alpha value is -3.80. The Balaban J connectivity index is 1.34. The molecule has 0 saturated carbocycles. The number of anilines is 1. The number of amides is 2. The van der Waals surface area contributed by atoms with Gasteiger partial charge in [0, 0.05) is 38.4 Å². The van der Waals surface area contributed by atoms with E-state index in [-0.39, 0.29) is 11.8 Å². The molecule has 170 valence electrons. The number of nitrogens with zero attached hydrogens (tertiary/aromatic N) is 2. The van der Waals surface area contributed by atoms with Crippen molar-refractivity contribution in [1.82, 2.24) is 10.2 Å². The summed E-state index contributed by atoms with van der Waals surface area (Å²) >= 11 is 0. The number of piperazine rings is 1. The Labute approximate surface area is 194 Å². The van der Waals surface area contributed by atoms with Crippen molar-refractivity contribution in [1.29, 1.82) is 0 Å². The summed E-state index contributed by atoms with van der Waals surface area (Å²) in [5, 5.41) is 2.92. The zero-order chi connectivity index (χ0) is 23.0. The van der Waals surface area contributed by atoms with Crippen LogP contribution in [-0.2, 0) is 11.3 Å². The first-order valence-electron chi connectivity index (χ1n) is 11.3. The lowest BCUT2D eigenvalue weighted by molar-refractivity contribution is -0.138. The van der Waals surface area contributed by atoms with Crippen molar-refractivity contribution in [2.24, 2.45) is 0 Å². The molecule has 1 heterocycles. The summed E-state index contributed by atoms with van der Waals surface area (Å²) in [6, 6.07) is 27.0. The number of benzene rings is 3. The van der Waals surface area contributed by atoms with Gasteiger partial charge in [-0.2, -0.15) is 0 Å². The Morgan fingerprint density at radius 1 is 0.848 bits per heavy atom. The van der Waals surface area contributed by atoms with E-state index in [0.717, 1.165) is 18.7 Å². The lowest BCUT2D eigenvalue weighted by Gasteiger charge is -2.37. The molecule has 0 aromatic heterocycles. The van der Waals surface area contributed by atoms with Gasteiger partial charge in [-0.3, -0.25) is 9.59 Å². The number of nitrogens with one attached hydrogen (secondary N) is 1. The molecule has 0 unspecified atom stereocenters. The van der Waals surface area contributed by atoms with E-state index in [1.807, 2.05) is 53.4 Å². The first-order chi connectivity index (χ1) is 16.1. The Bertz CT molecular complexity index is 1060. The minimum Gasteiger partial charge on any atom is -0.480 e. The SMILES string of the molecule is C[C@@H](Oc1ccccc1C(=O)NCc1ccccc1)C(=O)N1CCN(c2ccccc2)CC1. The molecule has 6 nitrogen and oxygen atoms in total. The van der Waals surface area contributed by atoms with Gasteiger partial charge in [0.15, 0.2) is 6.10 Å². The summed E-state index contributed by atoms with van der Waals surface area (Å²) in [5.41, 5.74) is 2.61. The van der Waals surface area contributed by atoms with Crippen molar-refractivity contribution < 1.29 is 14.3 Å². The minimum absolute atomic E-state index is 0.0674. The van der Waals surface area contributed by atoms with E-state index < -0.39 is 6.10 Å². The first kappa shape index (κ1) is 22.4. The average molecular weight is 444 g/mol. The molecule has 1 aliphatic heterocycles. The molecule has 0 aliphatic carbocycles. The summed E-state index contributed by atoms with van der Waals surface area (Å²) < 4.78 is 5.98. The molecule has 1 aliphatic rings. The molecule has 2 amide bonds. The Morgan fingerprint density at radius 3 is 2.15 bits per heavy atom. The van der Waals surface area contributed by atoms with E-state index in [2.05, 4.69) is 22.3 Å². The highest BCUT2D eigenvalue weighted by Gasteiger charge is 2.27. The first-order valence-corrected chi connectivity index (χ1v) is 11.3. The van der Waals surface area contributed by atoms with Gasteiger partial charge in [0.25, 0.3) is 11.8 Å². The van der Waals surface area contributed by atoms with E-state index in [9.17, 15) is 9.59 Å². The predicted molar refractivity (Wildman–Crippen MR) is 129 cm³/mol. The minimum atomic E-state index is -0.684. The molecule has 1 N–H and O–H groups in total. The summed E-state index contributed by atoms with van der Waals surface area (Å²) in [7, 11) is 0. The lowest BCUT2D eigenvalue weighted by atomic mass is 10.1. The van der Waals surface area contributed by atoms with Gasteiger partial charge in [0.1, 0.15) is 5.75 Å². The third kappa shape index (κ3) is 5.71. The van der Waals surface area contributed by atoms with Crippen LogP contribution in [0.3, 0.4) is 0 Å². The number of hydrogen-bond donors (Lipinski definition) is 1. The molecule has 1 fully saturated rings. The van der Waals surface area contributed by atoms with Gasteiger partial charge in [0.05, 0.1) is 5.56 Å². The van der Waals surface area contributed by atoms with Crippen molar-refractivity contribution in [3.05, 3.63) is 96.1 Å². The van der Waals surface area contributed by atoms with Crippen LogP contribution in [0.15, 0.2) is 84.9 Å². The zero-order valence-corrected chi connectivity index (χ0v) is 18.8. The zero-order valence-electron chi connectivity index (χ0n) is 18.8. The maximum atomic E-state index is 13.0. The van der Waals surface area contributed by atoms with Crippen LogP contribution in [-0.4, -0.2) is 49.0 Å². The highest BCUT2D eigenvalue weighted by Crippen LogP contribution is 2.21. The normalized spacial score (nSPS) is 14.5. The number of hydrogen-bond acceptors (Lipinski definition) is 4. The number of carbonyl (C=O) groups is 2. The predicted octanol–water partition coefficient (Wildman–Crippen LogP) is 3.73. The molecule has 3 aromatic carbocycles. The molecular weight excluding hydrogens is 414 g/mol. The number of para-hydroxylation sites is 2. The lowest BCUT2D eigenvalue weighted by Crippen LogP contribution is -2.52. The molecule has 0 bridgehead atoms. The molecule has 33 heavy (non-hydrogen) atoms. The second kappa shape index (κ2) is 10.7. The summed E-state index contributed by atoms with van der Waals surface area (Å²) in [4.78, 5) is 29.9. The third-order valence-electron chi connectivity index (χ3n) is 5.79. The van der Waals surface area contributed by atoms with Crippen molar-refractivity contribution in [3.8, 4) is 5.75 Å². The van der Waals surface area contributed by atoms with Crippen molar-refractivity contribution in [2.45, 2.75) is 19.6 Å². The van der Waals surface area contributed by atoms with Gasteiger partial charge in [-0.25, -0.2) is 0 Å². The van der Waals surface area contributed by atoms with E-state index >= 15 is 0 Å². The van der Waals surface area contributed by atoms with Gasteiger partial charge in [-0.1, -0.05) is 60.7 Å². The highest BCUT2D eigenvalue weighted by atomic mass is 16.5.